The highest BCUT2D eigenvalue weighted by Crippen LogP contribution is 2.33. The number of aryl methyl sites for hydroxylation is 1. The van der Waals surface area contributed by atoms with Crippen molar-refractivity contribution in [3.63, 3.8) is 0 Å². The number of amides is 1. The summed E-state index contributed by atoms with van der Waals surface area (Å²) in [6.07, 6.45) is 5.90. The highest BCUT2D eigenvalue weighted by Gasteiger charge is 2.32. The number of hydrogen-bond acceptors (Lipinski definition) is 5. The maximum absolute atomic E-state index is 12.6. The summed E-state index contributed by atoms with van der Waals surface area (Å²) in [4.78, 5) is 30.3. The highest BCUT2D eigenvalue weighted by atomic mass is 16.7. The molecule has 6 nitrogen and oxygen atoms in total. The number of fused-ring (bicyclic) bond motifs is 1. The number of nitrogens with zero attached hydrogens (tertiary/aromatic N) is 4. The lowest BCUT2D eigenvalue weighted by Gasteiger charge is -2.34. The zero-order valence-electron chi connectivity index (χ0n) is 16.1. The summed E-state index contributed by atoms with van der Waals surface area (Å²) in [5, 5.41) is 1.58. The molecule has 0 saturated carbocycles. The van der Waals surface area contributed by atoms with Crippen molar-refractivity contribution in [3.05, 3.63) is 41.6 Å². The van der Waals surface area contributed by atoms with Crippen LogP contribution in [0.15, 0.2) is 30.3 Å². The van der Waals surface area contributed by atoms with Gasteiger partial charge in [-0.15, -0.1) is 0 Å². The molecule has 1 aromatic carbocycles. The fourth-order valence-corrected chi connectivity index (χ4v) is 4.55. The van der Waals surface area contributed by atoms with Crippen LogP contribution in [0.4, 0.5) is 5.82 Å². The van der Waals surface area contributed by atoms with E-state index in [1.54, 1.807) is 5.06 Å². The number of carbonyl (C=O) groups is 1. The van der Waals surface area contributed by atoms with Gasteiger partial charge in [0.05, 0.1) is 13.2 Å². The average Bonchev–Trinajstić information content (AvgIpc) is 3.45. The van der Waals surface area contributed by atoms with E-state index in [0.29, 0.717) is 6.61 Å². The van der Waals surface area contributed by atoms with E-state index in [9.17, 15) is 4.79 Å². The predicted molar refractivity (Wildman–Crippen MR) is 107 cm³/mol. The van der Waals surface area contributed by atoms with Crippen LogP contribution in [0.25, 0.3) is 11.4 Å². The zero-order valence-corrected chi connectivity index (χ0v) is 16.1. The zero-order chi connectivity index (χ0) is 18.9. The third-order valence-electron chi connectivity index (χ3n) is 6.09. The van der Waals surface area contributed by atoms with Crippen LogP contribution in [0, 0.1) is 5.92 Å². The van der Waals surface area contributed by atoms with Crippen molar-refractivity contribution in [1.82, 2.24) is 15.0 Å². The first-order valence-corrected chi connectivity index (χ1v) is 10.4. The third-order valence-corrected chi connectivity index (χ3v) is 6.09. The van der Waals surface area contributed by atoms with Crippen molar-refractivity contribution in [1.29, 1.82) is 0 Å². The molecule has 1 amide bonds. The summed E-state index contributed by atoms with van der Waals surface area (Å²) in [5.41, 5.74) is 3.58. The minimum atomic E-state index is 0.0674. The maximum Gasteiger partial charge on any atom is 0.249 e. The van der Waals surface area contributed by atoms with E-state index in [2.05, 4.69) is 17.0 Å². The van der Waals surface area contributed by atoms with E-state index in [1.807, 2.05) is 18.2 Å². The van der Waals surface area contributed by atoms with Crippen LogP contribution in [0.1, 0.15) is 36.9 Å². The lowest BCUT2D eigenvalue weighted by molar-refractivity contribution is -0.174. The Morgan fingerprint density at radius 1 is 1.00 bits per heavy atom. The SMILES string of the molecule is O=C(C1CCN(c2nc(-c3ccccc3)nc3c2CCC3)CC1)N1CCCO1. The molecule has 1 aromatic heterocycles. The van der Waals surface area contributed by atoms with Crippen molar-refractivity contribution < 1.29 is 9.63 Å². The van der Waals surface area contributed by atoms with Gasteiger partial charge in [-0.3, -0.25) is 9.63 Å². The summed E-state index contributed by atoms with van der Waals surface area (Å²) in [6.45, 7) is 3.13. The largest absolute Gasteiger partial charge is 0.356 e. The summed E-state index contributed by atoms with van der Waals surface area (Å²) < 4.78 is 0. The van der Waals surface area contributed by atoms with Crippen LogP contribution in [0.3, 0.4) is 0 Å². The molecule has 2 aliphatic heterocycles. The molecule has 0 atom stereocenters. The number of benzene rings is 1. The molecule has 0 spiro atoms. The Morgan fingerprint density at radius 2 is 1.82 bits per heavy atom. The Kier molecular flexibility index (Phi) is 4.72. The van der Waals surface area contributed by atoms with Gasteiger partial charge in [0.2, 0.25) is 5.91 Å². The Bertz CT molecular complexity index is 856. The summed E-state index contributed by atoms with van der Waals surface area (Å²) >= 11 is 0. The molecule has 0 N–H and O–H groups in total. The lowest BCUT2D eigenvalue weighted by atomic mass is 9.95. The molecule has 28 heavy (non-hydrogen) atoms. The topological polar surface area (TPSA) is 58.6 Å². The van der Waals surface area contributed by atoms with Gasteiger partial charge in [-0.25, -0.2) is 15.0 Å². The fourth-order valence-electron chi connectivity index (χ4n) is 4.55. The van der Waals surface area contributed by atoms with Crippen molar-refractivity contribution in [2.75, 3.05) is 31.1 Å². The molecule has 0 unspecified atom stereocenters. The Morgan fingerprint density at radius 3 is 2.57 bits per heavy atom. The molecule has 1 aliphatic carbocycles. The standard InChI is InChI=1S/C22H26N4O2/c27-22(26-12-5-15-28-26)17-10-13-25(14-11-17)21-18-8-4-9-19(18)23-20(24-21)16-6-2-1-3-7-16/h1-3,6-7,17H,4-5,8-15H2. The average molecular weight is 378 g/mol. The molecule has 0 bridgehead atoms. The van der Waals surface area contributed by atoms with Gasteiger partial charge in [-0.2, -0.15) is 0 Å². The van der Waals surface area contributed by atoms with E-state index >= 15 is 0 Å². The van der Waals surface area contributed by atoms with Gasteiger partial charge in [-0.05, 0) is 38.5 Å². The predicted octanol–water partition coefficient (Wildman–Crippen LogP) is 3.01. The van der Waals surface area contributed by atoms with Crippen LogP contribution < -0.4 is 4.90 Å². The van der Waals surface area contributed by atoms with E-state index < -0.39 is 0 Å². The van der Waals surface area contributed by atoms with Crippen molar-refractivity contribution in [2.45, 2.75) is 38.5 Å². The van der Waals surface area contributed by atoms with Crippen LogP contribution in [-0.2, 0) is 22.5 Å². The summed E-state index contributed by atoms with van der Waals surface area (Å²) in [6, 6.07) is 10.2. The van der Waals surface area contributed by atoms with Gasteiger partial charge >= 0.3 is 0 Å². The minimum Gasteiger partial charge on any atom is -0.356 e. The van der Waals surface area contributed by atoms with E-state index in [4.69, 9.17) is 14.8 Å². The number of hydroxylamine groups is 2. The molecule has 146 valence electrons. The first-order valence-electron chi connectivity index (χ1n) is 10.4. The van der Waals surface area contributed by atoms with Gasteiger partial charge in [0.25, 0.3) is 0 Å². The minimum absolute atomic E-state index is 0.0674. The monoisotopic (exact) mass is 378 g/mol. The van der Waals surface area contributed by atoms with Crippen molar-refractivity contribution in [3.8, 4) is 11.4 Å². The number of anilines is 1. The first kappa shape index (κ1) is 17.6. The smallest absolute Gasteiger partial charge is 0.249 e. The maximum atomic E-state index is 12.6. The van der Waals surface area contributed by atoms with Gasteiger partial charge in [-0.1, -0.05) is 30.3 Å². The van der Waals surface area contributed by atoms with Crippen molar-refractivity contribution in [2.24, 2.45) is 5.92 Å². The molecular weight excluding hydrogens is 352 g/mol. The number of aromatic nitrogens is 2. The third kappa shape index (κ3) is 3.26. The molecule has 3 heterocycles. The highest BCUT2D eigenvalue weighted by molar-refractivity contribution is 5.78. The second-order valence-electron chi connectivity index (χ2n) is 7.90. The quantitative estimate of drug-likeness (QED) is 0.822. The molecule has 2 fully saturated rings. The Balaban J connectivity index is 1.36. The molecular formula is C22H26N4O2. The molecule has 5 rings (SSSR count). The fraction of sp³-hybridized carbons (Fsp3) is 0.500. The molecule has 2 aromatic rings. The van der Waals surface area contributed by atoms with E-state index in [-0.39, 0.29) is 11.8 Å². The Labute approximate surface area is 165 Å². The van der Waals surface area contributed by atoms with Crippen molar-refractivity contribution >= 4 is 11.7 Å². The van der Waals surface area contributed by atoms with Crippen LogP contribution in [0.2, 0.25) is 0 Å². The summed E-state index contributed by atoms with van der Waals surface area (Å²) in [5.74, 6) is 2.14. The van der Waals surface area contributed by atoms with Gasteiger partial charge in [0.1, 0.15) is 5.82 Å². The number of carbonyl (C=O) groups excluding carboxylic acids is 1. The number of piperidine rings is 1. The van der Waals surface area contributed by atoms with Gasteiger partial charge in [0, 0.05) is 35.8 Å². The molecule has 0 radical (unpaired) electrons. The molecule has 2 saturated heterocycles. The van der Waals surface area contributed by atoms with Crippen LogP contribution in [-0.4, -0.2) is 47.2 Å². The summed E-state index contributed by atoms with van der Waals surface area (Å²) in [7, 11) is 0. The molecule has 6 heteroatoms. The second kappa shape index (κ2) is 7.51. The lowest BCUT2D eigenvalue weighted by Crippen LogP contribution is -2.42. The Hall–Kier alpha value is -2.47. The first-order chi connectivity index (χ1) is 13.8. The van der Waals surface area contributed by atoms with Crippen LogP contribution >= 0.6 is 0 Å². The number of rotatable bonds is 3. The molecule has 3 aliphatic rings. The normalized spacial score (nSPS) is 19.9. The second-order valence-corrected chi connectivity index (χ2v) is 7.90. The van der Waals surface area contributed by atoms with Gasteiger partial charge < -0.3 is 4.90 Å². The van der Waals surface area contributed by atoms with E-state index in [1.165, 1.54) is 11.3 Å². The van der Waals surface area contributed by atoms with E-state index in [0.717, 1.165) is 75.4 Å². The van der Waals surface area contributed by atoms with Crippen LogP contribution in [0.5, 0.6) is 0 Å². The van der Waals surface area contributed by atoms with Gasteiger partial charge in [0.15, 0.2) is 5.82 Å². The number of hydrogen-bond donors (Lipinski definition) is 0.